The van der Waals surface area contributed by atoms with E-state index < -0.39 is 0 Å². The van der Waals surface area contributed by atoms with Gasteiger partial charge in [0, 0.05) is 18.1 Å². The molecule has 16 heavy (non-hydrogen) atoms. The molecule has 2 heterocycles. The van der Waals surface area contributed by atoms with Gasteiger partial charge < -0.3 is 4.90 Å². The van der Waals surface area contributed by atoms with Gasteiger partial charge in [-0.3, -0.25) is 10.6 Å². The summed E-state index contributed by atoms with van der Waals surface area (Å²) in [5, 5.41) is 18.9. The second-order valence-electron chi connectivity index (χ2n) is 3.97. The van der Waals surface area contributed by atoms with Crippen LogP contribution in [0.25, 0.3) is 0 Å². The minimum atomic E-state index is 0.0126. The lowest BCUT2D eigenvalue weighted by Crippen LogP contribution is -2.56. The Kier molecular flexibility index (Phi) is 2.29. The van der Waals surface area contributed by atoms with Gasteiger partial charge in [0.1, 0.15) is 0 Å². The van der Waals surface area contributed by atoms with E-state index in [2.05, 4.69) is 4.90 Å². The van der Waals surface area contributed by atoms with Crippen molar-refractivity contribution in [2.24, 2.45) is 0 Å². The molecule has 0 saturated carbocycles. The molecule has 1 aromatic carbocycles. The summed E-state index contributed by atoms with van der Waals surface area (Å²) in [5.74, 6) is 2.25. The molecule has 0 amide bonds. The summed E-state index contributed by atoms with van der Waals surface area (Å²) < 4.78 is 0. The van der Waals surface area contributed by atoms with E-state index in [9.17, 15) is 5.21 Å². The lowest BCUT2D eigenvalue weighted by atomic mass is 10.1. The van der Waals surface area contributed by atoms with Gasteiger partial charge in [0.05, 0.1) is 17.4 Å². The lowest BCUT2D eigenvalue weighted by molar-refractivity contribution is 0.304. The van der Waals surface area contributed by atoms with Gasteiger partial charge in [-0.25, -0.2) is 5.06 Å². The number of amidine groups is 1. The second kappa shape index (κ2) is 3.68. The highest BCUT2D eigenvalue weighted by Gasteiger charge is 2.36. The Morgan fingerprint density at radius 2 is 2.06 bits per heavy atom. The summed E-state index contributed by atoms with van der Waals surface area (Å²) in [5.41, 5.74) is 1.75. The number of para-hydroxylation sites is 2. The zero-order chi connectivity index (χ0) is 11.1. The van der Waals surface area contributed by atoms with E-state index in [1.54, 1.807) is 0 Å². The minimum Gasteiger partial charge on any atom is -0.358 e. The van der Waals surface area contributed by atoms with Crippen molar-refractivity contribution in [3.63, 3.8) is 0 Å². The zero-order valence-corrected chi connectivity index (χ0v) is 9.57. The normalized spacial score (nSPS) is 24.1. The summed E-state index contributed by atoms with van der Waals surface area (Å²) in [4.78, 5) is 2.22. The highest BCUT2D eigenvalue weighted by molar-refractivity contribution is 7.99. The molecular formula is C11H13N3OS. The lowest BCUT2D eigenvalue weighted by Gasteiger charge is -2.44. The van der Waals surface area contributed by atoms with E-state index >= 15 is 0 Å². The maximum absolute atomic E-state index is 9.94. The molecule has 0 spiro atoms. The highest BCUT2D eigenvalue weighted by atomic mass is 32.2. The molecule has 2 aliphatic rings. The van der Waals surface area contributed by atoms with E-state index in [1.165, 1.54) is 0 Å². The number of fused-ring (bicyclic) bond motifs is 3. The summed E-state index contributed by atoms with van der Waals surface area (Å²) in [6.45, 7) is 0.947. The first kappa shape index (κ1) is 9.99. The molecule has 1 saturated heterocycles. The van der Waals surface area contributed by atoms with Gasteiger partial charge in [0.15, 0.2) is 5.84 Å². The zero-order valence-electron chi connectivity index (χ0n) is 8.76. The Morgan fingerprint density at radius 3 is 2.88 bits per heavy atom. The van der Waals surface area contributed by atoms with Gasteiger partial charge in [-0.15, -0.1) is 0 Å². The molecule has 84 valence electrons. The van der Waals surface area contributed by atoms with Crippen molar-refractivity contribution in [3.05, 3.63) is 24.3 Å². The predicted octanol–water partition coefficient (Wildman–Crippen LogP) is 1.79. The predicted molar refractivity (Wildman–Crippen MR) is 66.9 cm³/mol. The molecule has 2 N–H and O–H groups in total. The van der Waals surface area contributed by atoms with Crippen molar-refractivity contribution in [1.29, 1.82) is 5.41 Å². The van der Waals surface area contributed by atoms with Crippen molar-refractivity contribution in [1.82, 2.24) is 0 Å². The molecule has 3 rings (SSSR count). The monoisotopic (exact) mass is 235 g/mol. The smallest absolute Gasteiger partial charge is 0.150 e. The van der Waals surface area contributed by atoms with Crippen LogP contribution in [0.3, 0.4) is 0 Å². The molecular weight excluding hydrogens is 222 g/mol. The molecule has 0 radical (unpaired) electrons. The fraction of sp³-hybridized carbons (Fsp3) is 0.364. The largest absolute Gasteiger partial charge is 0.358 e. The molecule has 1 aromatic rings. The van der Waals surface area contributed by atoms with Crippen molar-refractivity contribution >= 4 is 29.0 Å². The van der Waals surface area contributed by atoms with E-state index in [4.69, 9.17) is 5.41 Å². The van der Waals surface area contributed by atoms with Crippen LogP contribution in [-0.4, -0.2) is 35.1 Å². The van der Waals surface area contributed by atoms with Crippen molar-refractivity contribution in [2.75, 3.05) is 28.0 Å². The SMILES string of the molecule is N=C1C2CSCCN2c2ccccc2N1O. The molecule has 5 heteroatoms. The first-order chi connectivity index (χ1) is 7.79. The van der Waals surface area contributed by atoms with Crippen molar-refractivity contribution < 1.29 is 5.21 Å². The van der Waals surface area contributed by atoms with Crippen LogP contribution < -0.4 is 9.96 Å². The standard InChI is InChI=1S/C11H13N3OS/c12-11-10-7-16-6-5-13(10)8-3-1-2-4-9(8)14(11)15/h1-4,10,12,15H,5-7H2. The second-order valence-corrected chi connectivity index (χ2v) is 5.12. The van der Waals surface area contributed by atoms with Crippen LogP contribution in [0, 0.1) is 5.41 Å². The van der Waals surface area contributed by atoms with E-state index in [-0.39, 0.29) is 11.9 Å². The van der Waals surface area contributed by atoms with Crippen molar-refractivity contribution in [3.8, 4) is 0 Å². The molecule has 4 nitrogen and oxygen atoms in total. The van der Waals surface area contributed by atoms with Gasteiger partial charge in [-0.2, -0.15) is 11.8 Å². The molecule has 1 fully saturated rings. The van der Waals surface area contributed by atoms with Gasteiger partial charge in [0.25, 0.3) is 0 Å². The number of benzene rings is 1. The van der Waals surface area contributed by atoms with E-state index in [0.717, 1.165) is 34.5 Å². The van der Waals surface area contributed by atoms with Gasteiger partial charge >= 0.3 is 0 Å². The summed E-state index contributed by atoms with van der Waals surface area (Å²) in [6, 6.07) is 7.73. The highest BCUT2D eigenvalue weighted by Crippen LogP contribution is 2.37. The molecule has 0 bridgehead atoms. The van der Waals surface area contributed by atoms with Gasteiger partial charge in [0.2, 0.25) is 0 Å². The van der Waals surface area contributed by atoms with Crippen LogP contribution >= 0.6 is 11.8 Å². The van der Waals surface area contributed by atoms with Crippen molar-refractivity contribution in [2.45, 2.75) is 6.04 Å². The van der Waals surface area contributed by atoms with Crippen LogP contribution in [0.2, 0.25) is 0 Å². The van der Waals surface area contributed by atoms with Crippen LogP contribution in [0.4, 0.5) is 11.4 Å². The number of anilines is 2. The third-order valence-corrected chi connectivity index (χ3v) is 4.11. The van der Waals surface area contributed by atoms with Gasteiger partial charge in [-0.1, -0.05) is 12.1 Å². The van der Waals surface area contributed by atoms with Crippen LogP contribution in [0.15, 0.2) is 24.3 Å². The first-order valence-electron chi connectivity index (χ1n) is 5.30. The maximum atomic E-state index is 9.94. The summed E-state index contributed by atoms with van der Waals surface area (Å²) in [6.07, 6.45) is 0. The number of rotatable bonds is 0. The minimum absolute atomic E-state index is 0.0126. The fourth-order valence-electron chi connectivity index (χ4n) is 2.28. The summed E-state index contributed by atoms with van der Waals surface area (Å²) >= 11 is 1.84. The van der Waals surface area contributed by atoms with E-state index in [0.29, 0.717) is 0 Å². The third-order valence-electron chi connectivity index (χ3n) is 3.09. The van der Waals surface area contributed by atoms with Gasteiger partial charge in [-0.05, 0) is 12.1 Å². The number of nitrogens with one attached hydrogen (secondary N) is 1. The molecule has 1 unspecified atom stereocenters. The number of hydrogen-bond donors (Lipinski definition) is 2. The summed E-state index contributed by atoms with van der Waals surface area (Å²) in [7, 11) is 0. The maximum Gasteiger partial charge on any atom is 0.150 e. The molecule has 1 atom stereocenters. The number of hydroxylamine groups is 1. The number of nitrogens with zero attached hydrogens (tertiary/aromatic N) is 2. The third kappa shape index (κ3) is 1.32. The van der Waals surface area contributed by atoms with E-state index in [1.807, 2.05) is 36.0 Å². The topological polar surface area (TPSA) is 50.6 Å². The Labute approximate surface area is 98.3 Å². The fourth-order valence-corrected chi connectivity index (χ4v) is 3.33. The molecule has 0 aliphatic carbocycles. The molecule has 0 aromatic heterocycles. The quantitative estimate of drug-likeness (QED) is 0.720. The Morgan fingerprint density at radius 1 is 1.31 bits per heavy atom. The Balaban J connectivity index is 2.11. The Bertz CT molecular complexity index is 437. The number of thioether (sulfide) groups is 1. The average molecular weight is 235 g/mol. The average Bonchev–Trinajstić information content (AvgIpc) is 2.36. The van der Waals surface area contributed by atoms with Crippen LogP contribution in [0.5, 0.6) is 0 Å². The first-order valence-corrected chi connectivity index (χ1v) is 6.45. The van der Waals surface area contributed by atoms with Crippen LogP contribution in [0.1, 0.15) is 0 Å². The Hall–Kier alpha value is -1.20. The number of hydrogen-bond acceptors (Lipinski definition) is 4. The molecule has 2 aliphatic heterocycles. The van der Waals surface area contributed by atoms with Crippen LogP contribution in [-0.2, 0) is 0 Å².